The lowest BCUT2D eigenvalue weighted by atomic mass is 9.69. The maximum absolute atomic E-state index is 5.83. The molecule has 0 radical (unpaired) electrons. The maximum Gasteiger partial charge on any atom is 0.247 e. The van der Waals surface area contributed by atoms with Gasteiger partial charge in [-0.3, -0.25) is 0 Å². The van der Waals surface area contributed by atoms with Crippen molar-refractivity contribution >= 4 is 15.9 Å². The number of halogens is 1. The number of hydrogen-bond donors (Lipinski definition) is 1. The van der Waals surface area contributed by atoms with Gasteiger partial charge in [0, 0.05) is 16.1 Å². The molecule has 2 aromatic rings. The van der Waals surface area contributed by atoms with Crippen LogP contribution in [-0.4, -0.2) is 16.2 Å². The van der Waals surface area contributed by atoms with Gasteiger partial charge in [-0.1, -0.05) is 55.6 Å². The smallest absolute Gasteiger partial charge is 0.247 e. The second-order valence-corrected chi connectivity index (χ2v) is 8.67. The van der Waals surface area contributed by atoms with E-state index >= 15 is 0 Å². The monoisotopic (exact) mass is 391 g/mol. The zero-order valence-electron chi connectivity index (χ0n) is 14.7. The van der Waals surface area contributed by atoms with Crippen LogP contribution in [0.5, 0.6) is 0 Å². The summed E-state index contributed by atoms with van der Waals surface area (Å²) in [5.41, 5.74) is 1.27. The van der Waals surface area contributed by atoms with Crippen molar-refractivity contribution in [2.75, 3.05) is 0 Å². The predicted molar refractivity (Wildman–Crippen MR) is 99.5 cm³/mol. The number of nitrogens with zero attached hydrogens (tertiary/aromatic N) is 2. The van der Waals surface area contributed by atoms with Gasteiger partial charge in [0.05, 0.1) is 6.54 Å². The summed E-state index contributed by atoms with van der Waals surface area (Å²) in [6.45, 7) is 7.67. The summed E-state index contributed by atoms with van der Waals surface area (Å²) in [5, 5.41) is 12.0. The lowest BCUT2D eigenvalue weighted by molar-refractivity contribution is 0.128. The summed E-state index contributed by atoms with van der Waals surface area (Å²) < 4.78 is 6.84. The van der Waals surface area contributed by atoms with Crippen LogP contribution >= 0.6 is 15.9 Å². The predicted octanol–water partition coefficient (Wildman–Crippen LogP) is 5.19. The molecular formula is C19H26BrN3O. The zero-order chi connectivity index (χ0) is 17.2. The third kappa shape index (κ3) is 4.25. The quantitative estimate of drug-likeness (QED) is 0.778. The minimum Gasteiger partial charge on any atom is -0.419 e. The van der Waals surface area contributed by atoms with Crippen molar-refractivity contribution in [3.63, 3.8) is 0 Å². The molecular weight excluding hydrogens is 366 g/mol. The van der Waals surface area contributed by atoms with Crippen LogP contribution < -0.4 is 5.32 Å². The normalized spacial score (nSPS) is 21.8. The molecule has 0 bridgehead atoms. The van der Waals surface area contributed by atoms with Crippen LogP contribution in [0.1, 0.15) is 52.3 Å². The summed E-state index contributed by atoms with van der Waals surface area (Å²) >= 11 is 3.47. The van der Waals surface area contributed by atoms with Gasteiger partial charge in [-0.15, -0.1) is 10.2 Å². The Kier molecular flexibility index (Phi) is 5.40. The highest BCUT2D eigenvalue weighted by molar-refractivity contribution is 9.10. The average Bonchev–Trinajstić information content (AvgIpc) is 3.01. The van der Waals surface area contributed by atoms with E-state index in [1.165, 1.54) is 25.7 Å². The van der Waals surface area contributed by atoms with Crippen molar-refractivity contribution < 1.29 is 4.42 Å². The molecule has 2 atom stereocenters. The van der Waals surface area contributed by atoms with Gasteiger partial charge in [0.1, 0.15) is 0 Å². The molecule has 0 amide bonds. The summed E-state index contributed by atoms with van der Waals surface area (Å²) in [7, 11) is 0. The van der Waals surface area contributed by atoms with Crippen LogP contribution in [0.2, 0.25) is 0 Å². The summed E-state index contributed by atoms with van der Waals surface area (Å²) in [6, 6.07) is 8.45. The lowest BCUT2D eigenvalue weighted by Crippen LogP contribution is -2.43. The van der Waals surface area contributed by atoms with Crippen LogP contribution in [0, 0.1) is 11.3 Å². The molecule has 1 aromatic heterocycles. The number of benzene rings is 1. The lowest BCUT2D eigenvalue weighted by Gasteiger charge is -2.40. The Morgan fingerprint density at radius 2 is 2.00 bits per heavy atom. The summed E-state index contributed by atoms with van der Waals surface area (Å²) in [4.78, 5) is 0. The molecule has 3 rings (SSSR count). The van der Waals surface area contributed by atoms with Crippen molar-refractivity contribution in [3.05, 3.63) is 34.6 Å². The van der Waals surface area contributed by atoms with E-state index in [9.17, 15) is 0 Å². The highest BCUT2D eigenvalue weighted by Gasteiger charge is 2.33. The maximum atomic E-state index is 5.83. The highest BCUT2D eigenvalue weighted by atomic mass is 79.9. The summed E-state index contributed by atoms with van der Waals surface area (Å²) in [6.07, 6.45) is 5.17. The van der Waals surface area contributed by atoms with Gasteiger partial charge < -0.3 is 9.73 Å². The van der Waals surface area contributed by atoms with Gasteiger partial charge in [-0.2, -0.15) is 0 Å². The van der Waals surface area contributed by atoms with Gasteiger partial charge >= 0.3 is 0 Å². The first-order valence-corrected chi connectivity index (χ1v) is 9.54. The van der Waals surface area contributed by atoms with Crippen LogP contribution in [-0.2, 0) is 6.54 Å². The van der Waals surface area contributed by atoms with Crippen LogP contribution in [0.3, 0.4) is 0 Å². The van der Waals surface area contributed by atoms with E-state index in [4.69, 9.17) is 4.42 Å². The molecule has 24 heavy (non-hydrogen) atoms. The van der Waals surface area contributed by atoms with Gasteiger partial charge in [0.25, 0.3) is 0 Å². The van der Waals surface area contributed by atoms with Gasteiger partial charge in [0.2, 0.25) is 11.8 Å². The molecule has 4 nitrogen and oxygen atoms in total. The first kappa shape index (κ1) is 17.6. The van der Waals surface area contributed by atoms with Gasteiger partial charge in [-0.25, -0.2) is 0 Å². The fraction of sp³-hybridized carbons (Fsp3) is 0.579. The van der Waals surface area contributed by atoms with Crippen molar-refractivity contribution in [1.82, 2.24) is 15.5 Å². The molecule has 1 fully saturated rings. The topological polar surface area (TPSA) is 51.0 Å². The molecule has 1 N–H and O–H groups in total. The standard InChI is InChI=1S/C19H26BrN3O/c1-19(2,3)15-9-4-5-10-16(15)21-12-17-22-23-18(24-17)13-7-6-8-14(20)11-13/h6-8,11,15-16,21H,4-5,9-10,12H2,1-3H3. The van der Waals surface area contributed by atoms with Gasteiger partial charge in [0.15, 0.2) is 0 Å². The molecule has 1 aromatic carbocycles. The number of rotatable bonds is 4. The second-order valence-electron chi connectivity index (χ2n) is 7.76. The highest BCUT2D eigenvalue weighted by Crippen LogP contribution is 2.38. The number of nitrogens with one attached hydrogen (secondary N) is 1. The van der Waals surface area contributed by atoms with Gasteiger partial charge in [-0.05, 0) is 42.4 Å². The van der Waals surface area contributed by atoms with E-state index in [0.717, 1.165) is 10.0 Å². The Balaban J connectivity index is 1.64. The van der Waals surface area contributed by atoms with E-state index in [1.54, 1.807) is 0 Å². The SMILES string of the molecule is CC(C)(C)C1CCCCC1NCc1nnc(-c2cccc(Br)c2)o1. The molecule has 1 aliphatic carbocycles. The fourth-order valence-electron chi connectivity index (χ4n) is 3.69. The van der Waals surface area contributed by atoms with E-state index in [0.29, 0.717) is 35.7 Å². The molecule has 0 aliphatic heterocycles. The van der Waals surface area contributed by atoms with Crippen LogP contribution in [0.25, 0.3) is 11.5 Å². The Morgan fingerprint density at radius 3 is 2.75 bits per heavy atom. The average molecular weight is 392 g/mol. The van der Waals surface area contributed by atoms with Crippen LogP contribution in [0.15, 0.2) is 33.2 Å². The Bertz CT molecular complexity index is 677. The molecule has 1 heterocycles. The summed E-state index contributed by atoms with van der Waals surface area (Å²) in [5.74, 6) is 1.92. The second kappa shape index (κ2) is 7.36. The molecule has 0 spiro atoms. The zero-order valence-corrected chi connectivity index (χ0v) is 16.3. The number of hydrogen-bond acceptors (Lipinski definition) is 4. The first-order valence-electron chi connectivity index (χ1n) is 8.75. The molecule has 5 heteroatoms. The molecule has 1 saturated carbocycles. The largest absolute Gasteiger partial charge is 0.419 e. The van der Waals surface area contributed by atoms with Crippen molar-refractivity contribution in [2.45, 2.75) is 59.0 Å². The van der Waals surface area contributed by atoms with Crippen molar-refractivity contribution in [1.29, 1.82) is 0 Å². The van der Waals surface area contributed by atoms with E-state index in [-0.39, 0.29) is 0 Å². The first-order chi connectivity index (χ1) is 11.4. The fourth-order valence-corrected chi connectivity index (χ4v) is 4.09. The number of aromatic nitrogens is 2. The molecule has 0 saturated heterocycles. The molecule has 2 unspecified atom stereocenters. The Labute approximate surface area is 152 Å². The third-order valence-corrected chi connectivity index (χ3v) is 5.43. The van der Waals surface area contributed by atoms with Crippen molar-refractivity contribution in [2.24, 2.45) is 11.3 Å². The minimum atomic E-state index is 0.328. The Hall–Kier alpha value is -1.20. The van der Waals surface area contributed by atoms with Crippen LogP contribution in [0.4, 0.5) is 0 Å². The third-order valence-electron chi connectivity index (χ3n) is 4.93. The minimum absolute atomic E-state index is 0.328. The molecule has 130 valence electrons. The van der Waals surface area contributed by atoms with E-state index < -0.39 is 0 Å². The molecule has 1 aliphatic rings. The van der Waals surface area contributed by atoms with E-state index in [2.05, 4.69) is 52.2 Å². The van der Waals surface area contributed by atoms with Crippen molar-refractivity contribution in [3.8, 4) is 11.5 Å². The Morgan fingerprint density at radius 1 is 1.21 bits per heavy atom. The van der Waals surface area contributed by atoms with E-state index in [1.807, 2.05) is 24.3 Å².